The summed E-state index contributed by atoms with van der Waals surface area (Å²) in [7, 11) is 3.94. The molecule has 1 heterocycles. The number of aryl methyl sites for hydroxylation is 1. The van der Waals surface area contributed by atoms with Gasteiger partial charge in [-0.05, 0) is 45.1 Å². The third-order valence-corrected chi connectivity index (χ3v) is 4.36. The summed E-state index contributed by atoms with van der Waals surface area (Å²) in [5.74, 6) is 0.721. The Kier molecular flexibility index (Phi) is 6.12. The highest BCUT2D eigenvalue weighted by Crippen LogP contribution is 2.22. The van der Waals surface area contributed by atoms with E-state index in [9.17, 15) is 4.79 Å². The summed E-state index contributed by atoms with van der Waals surface area (Å²) in [6.45, 7) is 5.88. The second-order valence-corrected chi connectivity index (χ2v) is 6.62. The Morgan fingerprint density at radius 2 is 2.13 bits per heavy atom. The zero-order valence-corrected chi connectivity index (χ0v) is 14.9. The van der Waals surface area contributed by atoms with Gasteiger partial charge >= 0.3 is 0 Å². The maximum absolute atomic E-state index is 12.0. The number of hydrogen-bond acceptors (Lipinski definition) is 5. The average Bonchev–Trinajstić information content (AvgIpc) is 2.97. The number of carbonyl (C=O) groups is 1. The van der Waals surface area contributed by atoms with Crippen molar-refractivity contribution in [3.63, 3.8) is 0 Å². The van der Waals surface area contributed by atoms with E-state index in [1.165, 1.54) is 16.9 Å². The van der Waals surface area contributed by atoms with Gasteiger partial charge in [-0.2, -0.15) is 0 Å². The van der Waals surface area contributed by atoms with E-state index in [1.54, 1.807) is 5.38 Å². The van der Waals surface area contributed by atoms with E-state index in [4.69, 9.17) is 4.74 Å². The Morgan fingerprint density at radius 1 is 1.35 bits per heavy atom. The van der Waals surface area contributed by atoms with Crippen molar-refractivity contribution >= 4 is 17.2 Å². The van der Waals surface area contributed by atoms with Gasteiger partial charge in [0.1, 0.15) is 23.1 Å². The molecule has 2 rings (SSSR count). The van der Waals surface area contributed by atoms with E-state index in [-0.39, 0.29) is 5.91 Å². The van der Waals surface area contributed by atoms with Gasteiger partial charge in [-0.25, -0.2) is 4.98 Å². The first-order valence-electron chi connectivity index (χ1n) is 7.53. The summed E-state index contributed by atoms with van der Waals surface area (Å²) in [5, 5.41) is 5.42. The first kappa shape index (κ1) is 17.4. The van der Waals surface area contributed by atoms with Crippen LogP contribution in [-0.4, -0.2) is 43.0 Å². The van der Waals surface area contributed by atoms with Gasteiger partial charge < -0.3 is 15.0 Å². The van der Waals surface area contributed by atoms with E-state index in [0.717, 1.165) is 22.9 Å². The molecule has 0 unspecified atom stereocenters. The predicted molar refractivity (Wildman–Crippen MR) is 93.2 cm³/mol. The summed E-state index contributed by atoms with van der Waals surface area (Å²) in [4.78, 5) is 18.3. The number of carbonyl (C=O) groups excluding carboxylic acids is 1. The number of ether oxygens (including phenoxy) is 1. The Bertz CT molecular complexity index is 668. The van der Waals surface area contributed by atoms with Gasteiger partial charge in [-0.15, -0.1) is 11.3 Å². The molecular weight excluding hydrogens is 310 g/mol. The quantitative estimate of drug-likeness (QED) is 0.846. The number of thiazole rings is 1. The van der Waals surface area contributed by atoms with Crippen LogP contribution in [-0.2, 0) is 6.61 Å². The van der Waals surface area contributed by atoms with Crippen molar-refractivity contribution in [2.45, 2.75) is 20.5 Å². The van der Waals surface area contributed by atoms with Crippen LogP contribution in [0.1, 0.15) is 26.6 Å². The van der Waals surface area contributed by atoms with Crippen molar-refractivity contribution in [2.24, 2.45) is 0 Å². The van der Waals surface area contributed by atoms with E-state index in [1.807, 2.05) is 38.1 Å². The Balaban J connectivity index is 1.89. The van der Waals surface area contributed by atoms with Crippen molar-refractivity contribution in [3.05, 3.63) is 45.4 Å². The number of nitrogens with zero attached hydrogens (tertiary/aromatic N) is 2. The van der Waals surface area contributed by atoms with Gasteiger partial charge in [0.15, 0.2) is 0 Å². The van der Waals surface area contributed by atoms with Crippen molar-refractivity contribution < 1.29 is 9.53 Å². The van der Waals surface area contributed by atoms with Gasteiger partial charge in [0.2, 0.25) is 0 Å². The number of nitrogens with one attached hydrogen (secondary N) is 1. The molecule has 6 heteroatoms. The Morgan fingerprint density at radius 3 is 2.87 bits per heavy atom. The highest BCUT2D eigenvalue weighted by Gasteiger charge is 2.11. The van der Waals surface area contributed by atoms with Crippen LogP contribution in [0.3, 0.4) is 0 Å². The molecule has 0 atom stereocenters. The number of aromatic nitrogens is 1. The summed E-state index contributed by atoms with van der Waals surface area (Å²) in [6.07, 6.45) is 0. The SMILES string of the molecule is Cc1cccc(OCc2nc(C(=O)NCCN(C)C)cs2)c1C. The van der Waals surface area contributed by atoms with Crippen molar-refractivity contribution in [1.82, 2.24) is 15.2 Å². The molecular formula is C17H23N3O2S. The maximum Gasteiger partial charge on any atom is 0.270 e. The lowest BCUT2D eigenvalue weighted by molar-refractivity contribution is 0.0946. The fourth-order valence-electron chi connectivity index (χ4n) is 1.99. The predicted octanol–water partition coefficient (Wildman–Crippen LogP) is 2.63. The summed E-state index contributed by atoms with van der Waals surface area (Å²) in [5.41, 5.74) is 2.78. The third kappa shape index (κ3) is 5.04. The molecule has 1 aromatic carbocycles. The zero-order chi connectivity index (χ0) is 16.8. The van der Waals surface area contributed by atoms with Crippen LogP contribution in [0.15, 0.2) is 23.6 Å². The number of benzene rings is 1. The number of likely N-dealkylation sites (N-methyl/N-ethyl adjacent to an activating group) is 1. The first-order chi connectivity index (χ1) is 11.0. The smallest absolute Gasteiger partial charge is 0.270 e. The second-order valence-electron chi connectivity index (χ2n) is 5.67. The van der Waals surface area contributed by atoms with Crippen LogP contribution in [0.4, 0.5) is 0 Å². The standard InChI is InChI=1S/C17H23N3O2S/c1-12-6-5-7-15(13(12)2)22-10-16-19-14(11-23-16)17(21)18-8-9-20(3)4/h5-7,11H,8-10H2,1-4H3,(H,18,21). The minimum absolute atomic E-state index is 0.138. The van der Waals surface area contributed by atoms with Crippen LogP contribution in [0, 0.1) is 13.8 Å². The normalized spacial score (nSPS) is 10.8. The number of rotatable bonds is 7. The second kappa shape index (κ2) is 8.08. The van der Waals surface area contributed by atoms with Crippen molar-refractivity contribution in [3.8, 4) is 5.75 Å². The van der Waals surface area contributed by atoms with Gasteiger partial charge in [0, 0.05) is 18.5 Å². The summed E-state index contributed by atoms with van der Waals surface area (Å²) in [6, 6.07) is 5.98. The zero-order valence-electron chi connectivity index (χ0n) is 14.0. The van der Waals surface area contributed by atoms with Gasteiger partial charge in [-0.3, -0.25) is 4.79 Å². The van der Waals surface area contributed by atoms with E-state index < -0.39 is 0 Å². The molecule has 2 aromatic rings. The Labute approximate surface area is 141 Å². The first-order valence-corrected chi connectivity index (χ1v) is 8.41. The molecule has 0 aliphatic carbocycles. The molecule has 0 fully saturated rings. The van der Waals surface area contributed by atoms with Gasteiger partial charge in [-0.1, -0.05) is 12.1 Å². The van der Waals surface area contributed by atoms with E-state index in [0.29, 0.717) is 18.8 Å². The maximum atomic E-state index is 12.0. The van der Waals surface area contributed by atoms with Crippen molar-refractivity contribution in [2.75, 3.05) is 27.2 Å². The topological polar surface area (TPSA) is 54.5 Å². The summed E-state index contributed by atoms with van der Waals surface area (Å²) >= 11 is 1.44. The molecule has 0 aliphatic heterocycles. The highest BCUT2D eigenvalue weighted by molar-refractivity contribution is 7.09. The molecule has 1 amide bonds. The lowest BCUT2D eigenvalue weighted by atomic mass is 10.1. The molecule has 0 bridgehead atoms. The third-order valence-electron chi connectivity index (χ3n) is 3.54. The fraction of sp³-hybridized carbons (Fsp3) is 0.412. The molecule has 1 aromatic heterocycles. The van der Waals surface area contributed by atoms with E-state index in [2.05, 4.69) is 23.3 Å². The fourth-order valence-corrected chi connectivity index (χ4v) is 2.67. The minimum Gasteiger partial charge on any atom is -0.486 e. The highest BCUT2D eigenvalue weighted by atomic mass is 32.1. The van der Waals surface area contributed by atoms with Crippen molar-refractivity contribution in [1.29, 1.82) is 0 Å². The molecule has 0 spiro atoms. The van der Waals surface area contributed by atoms with Crippen LogP contribution in [0.2, 0.25) is 0 Å². The van der Waals surface area contributed by atoms with Crippen LogP contribution in [0.5, 0.6) is 5.75 Å². The number of amides is 1. The number of hydrogen-bond donors (Lipinski definition) is 1. The van der Waals surface area contributed by atoms with E-state index >= 15 is 0 Å². The van der Waals surface area contributed by atoms with Crippen LogP contribution < -0.4 is 10.1 Å². The molecule has 1 N–H and O–H groups in total. The molecule has 23 heavy (non-hydrogen) atoms. The average molecular weight is 333 g/mol. The lowest BCUT2D eigenvalue weighted by Gasteiger charge is -2.09. The molecule has 0 saturated heterocycles. The molecule has 124 valence electrons. The monoisotopic (exact) mass is 333 g/mol. The van der Waals surface area contributed by atoms with Gasteiger partial charge in [0.05, 0.1) is 0 Å². The molecule has 0 saturated carbocycles. The summed E-state index contributed by atoms with van der Waals surface area (Å²) < 4.78 is 5.82. The van der Waals surface area contributed by atoms with Gasteiger partial charge in [0.25, 0.3) is 5.91 Å². The van der Waals surface area contributed by atoms with Crippen LogP contribution in [0.25, 0.3) is 0 Å². The molecule has 5 nitrogen and oxygen atoms in total. The lowest BCUT2D eigenvalue weighted by Crippen LogP contribution is -2.31. The Hall–Kier alpha value is -1.92. The minimum atomic E-state index is -0.138. The largest absolute Gasteiger partial charge is 0.486 e. The molecule has 0 radical (unpaired) electrons. The molecule has 0 aliphatic rings. The van der Waals surface area contributed by atoms with Crippen LogP contribution >= 0.6 is 11.3 Å².